The monoisotopic (exact) mass is 442 g/mol. The van der Waals surface area contributed by atoms with Gasteiger partial charge < -0.3 is 20.9 Å². The van der Waals surface area contributed by atoms with Crippen molar-refractivity contribution in [2.45, 2.75) is 33.1 Å². The van der Waals surface area contributed by atoms with Crippen LogP contribution in [0.15, 0.2) is 66.7 Å². The van der Waals surface area contributed by atoms with Gasteiger partial charge in [0, 0.05) is 30.0 Å². The minimum Gasteiger partial charge on any atom is -0.370 e. The maximum absolute atomic E-state index is 12.8. The molecular formula is C27H30N4O2. The van der Waals surface area contributed by atoms with Gasteiger partial charge in [-0.15, -0.1) is 0 Å². The molecule has 3 N–H and O–H groups in total. The van der Waals surface area contributed by atoms with E-state index < -0.39 is 0 Å². The zero-order chi connectivity index (χ0) is 23.2. The zero-order valence-corrected chi connectivity index (χ0v) is 19.2. The van der Waals surface area contributed by atoms with Gasteiger partial charge in [0.05, 0.1) is 11.4 Å². The Morgan fingerprint density at radius 2 is 1.42 bits per heavy atom. The highest BCUT2D eigenvalue weighted by Crippen LogP contribution is 2.32. The second kappa shape index (κ2) is 10.2. The summed E-state index contributed by atoms with van der Waals surface area (Å²) >= 11 is 0. The van der Waals surface area contributed by atoms with Gasteiger partial charge in [-0.2, -0.15) is 0 Å². The fraction of sp³-hybridized carbons (Fsp3) is 0.259. The van der Waals surface area contributed by atoms with E-state index in [0.29, 0.717) is 16.9 Å². The third-order valence-corrected chi connectivity index (χ3v) is 5.76. The van der Waals surface area contributed by atoms with Crippen LogP contribution in [0.3, 0.4) is 0 Å². The van der Waals surface area contributed by atoms with Crippen molar-refractivity contribution in [3.05, 3.63) is 83.4 Å². The number of benzene rings is 3. The number of nitrogens with zero attached hydrogens (tertiary/aromatic N) is 1. The fourth-order valence-electron chi connectivity index (χ4n) is 4.12. The SMILES string of the molecule is Cc1cccc(NC(=O)Nc2cc(NC(=O)c3cccc(C)c3)ccc2N2CCCCC2)c1. The lowest BCUT2D eigenvalue weighted by Gasteiger charge is -2.31. The Labute approximate surface area is 195 Å². The molecule has 0 atom stereocenters. The quantitative estimate of drug-likeness (QED) is 0.441. The lowest BCUT2D eigenvalue weighted by Crippen LogP contribution is -2.31. The van der Waals surface area contributed by atoms with Gasteiger partial charge in [-0.1, -0.05) is 29.8 Å². The Kier molecular flexibility index (Phi) is 6.93. The second-order valence-electron chi connectivity index (χ2n) is 8.55. The average molecular weight is 443 g/mol. The molecule has 4 rings (SSSR count). The van der Waals surface area contributed by atoms with Crippen molar-refractivity contribution >= 4 is 34.7 Å². The van der Waals surface area contributed by atoms with Crippen molar-refractivity contribution in [3.63, 3.8) is 0 Å². The molecule has 6 nitrogen and oxygen atoms in total. The number of amides is 3. The Balaban J connectivity index is 1.56. The van der Waals surface area contributed by atoms with Crippen molar-refractivity contribution in [1.29, 1.82) is 0 Å². The standard InChI is InChI=1S/C27H30N4O2/c1-19-8-6-10-21(16-19)26(32)28-23-12-13-25(31-14-4-3-5-15-31)24(18-23)30-27(33)29-22-11-7-9-20(2)17-22/h6-13,16-18H,3-5,14-15H2,1-2H3,(H,28,32)(H2,29,30,33). The Morgan fingerprint density at radius 3 is 2.15 bits per heavy atom. The van der Waals surface area contributed by atoms with E-state index in [4.69, 9.17) is 0 Å². The van der Waals surface area contributed by atoms with Crippen LogP contribution >= 0.6 is 0 Å². The first-order valence-corrected chi connectivity index (χ1v) is 11.4. The maximum Gasteiger partial charge on any atom is 0.323 e. The summed E-state index contributed by atoms with van der Waals surface area (Å²) < 4.78 is 0. The van der Waals surface area contributed by atoms with Gasteiger partial charge in [0.15, 0.2) is 0 Å². The molecule has 6 heteroatoms. The number of hydrogen-bond donors (Lipinski definition) is 3. The number of urea groups is 1. The van der Waals surface area contributed by atoms with Crippen molar-refractivity contribution in [2.75, 3.05) is 33.9 Å². The van der Waals surface area contributed by atoms with E-state index in [1.54, 1.807) is 6.07 Å². The van der Waals surface area contributed by atoms with Crippen molar-refractivity contribution < 1.29 is 9.59 Å². The largest absolute Gasteiger partial charge is 0.370 e. The van der Waals surface area contributed by atoms with Gasteiger partial charge in [-0.25, -0.2) is 4.79 Å². The average Bonchev–Trinajstić information content (AvgIpc) is 2.80. The lowest BCUT2D eigenvalue weighted by atomic mass is 10.1. The number of carbonyl (C=O) groups excluding carboxylic acids is 2. The number of aryl methyl sites for hydroxylation is 2. The highest BCUT2D eigenvalue weighted by Gasteiger charge is 2.17. The van der Waals surface area contributed by atoms with Crippen LogP contribution in [-0.4, -0.2) is 25.0 Å². The molecular weight excluding hydrogens is 412 g/mol. The van der Waals surface area contributed by atoms with E-state index in [0.717, 1.165) is 48.4 Å². The van der Waals surface area contributed by atoms with E-state index >= 15 is 0 Å². The van der Waals surface area contributed by atoms with Crippen LogP contribution in [0.25, 0.3) is 0 Å². The number of piperidine rings is 1. The summed E-state index contributed by atoms with van der Waals surface area (Å²) in [5, 5.41) is 8.85. The van der Waals surface area contributed by atoms with Gasteiger partial charge >= 0.3 is 6.03 Å². The molecule has 0 saturated carbocycles. The smallest absolute Gasteiger partial charge is 0.323 e. The zero-order valence-electron chi connectivity index (χ0n) is 19.2. The van der Waals surface area contributed by atoms with Crippen molar-refractivity contribution in [1.82, 2.24) is 0 Å². The molecule has 3 amide bonds. The first-order chi connectivity index (χ1) is 16.0. The molecule has 1 aliphatic heterocycles. The summed E-state index contributed by atoms with van der Waals surface area (Å²) in [6, 6.07) is 20.5. The number of anilines is 4. The Hall–Kier alpha value is -3.80. The third kappa shape index (κ3) is 5.92. The summed E-state index contributed by atoms with van der Waals surface area (Å²) in [5.41, 5.74) is 5.69. The summed E-state index contributed by atoms with van der Waals surface area (Å²) in [6.07, 6.45) is 3.47. The van der Waals surface area contributed by atoms with E-state index in [1.807, 2.05) is 74.5 Å². The summed E-state index contributed by atoms with van der Waals surface area (Å²) in [6.45, 7) is 5.84. The van der Waals surface area contributed by atoms with Crippen LogP contribution in [0.1, 0.15) is 40.7 Å². The van der Waals surface area contributed by atoms with Gasteiger partial charge in [0.25, 0.3) is 5.91 Å². The molecule has 1 fully saturated rings. The molecule has 170 valence electrons. The van der Waals surface area contributed by atoms with Crippen LogP contribution in [0.5, 0.6) is 0 Å². The molecule has 1 heterocycles. The third-order valence-electron chi connectivity index (χ3n) is 5.76. The first kappa shape index (κ1) is 22.4. The molecule has 1 saturated heterocycles. The predicted molar refractivity (Wildman–Crippen MR) is 135 cm³/mol. The summed E-state index contributed by atoms with van der Waals surface area (Å²) in [5.74, 6) is -0.181. The Morgan fingerprint density at radius 1 is 0.727 bits per heavy atom. The second-order valence-corrected chi connectivity index (χ2v) is 8.55. The highest BCUT2D eigenvalue weighted by molar-refractivity contribution is 6.06. The number of rotatable bonds is 5. The summed E-state index contributed by atoms with van der Waals surface area (Å²) in [4.78, 5) is 27.8. The van der Waals surface area contributed by atoms with Gasteiger partial charge in [0.2, 0.25) is 0 Å². The molecule has 0 radical (unpaired) electrons. The van der Waals surface area contributed by atoms with Crippen LogP contribution in [0.2, 0.25) is 0 Å². The lowest BCUT2D eigenvalue weighted by molar-refractivity contribution is 0.102. The number of hydrogen-bond acceptors (Lipinski definition) is 3. The Bertz CT molecular complexity index is 1150. The molecule has 3 aromatic rings. The van der Waals surface area contributed by atoms with Crippen LogP contribution < -0.4 is 20.9 Å². The van der Waals surface area contributed by atoms with Crippen LogP contribution in [0, 0.1) is 13.8 Å². The van der Waals surface area contributed by atoms with E-state index in [-0.39, 0.29) is 11.9 Å². The van der Waals surface area contributed by atoms with E-state index in [2.05, 4.69) is 20.9 Å². The fourth-order valence-corrected chi connectivity index (χ4v) is 4.12. The van der Waals surface area contributed by atoms with Crippen molar-refractivity contribution in [3.8, 4) is 0 Å². The van der Waals surface area contributed by atoms with E-state index in [1.165, 1.54) is 6.42 Å². The molecule has 1 aliphatic rings. The molecule has 0 unspecified atom stereocenters. The minimum absolute atomic E-state index is 0.181. The minimum atomic E-state index is -0.318. The molecule has 3 aromatic carbocycles. The summed E-state index contributed by atoms with van der Waals surface area (Å²) in [7, 11) is 0. The topological polar surface area (TPSA) is 73.5 Å². The van der Waals surface area contributed by atoms with Gasteiger partial charge in [-0.3, -0.25) is 4.79 Å². The van der Waals surface area contributed by atoms with Crippen LogP contribution in [0.4, 0.5) is 27.5 Å². The number of carbonyl (C=O) groups is 2. The van der Waals surface area contributed by atoms with Gasteiger partial charge in [0.1, 0.15) is 0 Å². The number of nitrogens with one attached hydrogen (secondary N) is 3. The molecule has 0 aliphatic carbocycles. The highest BCUT2D eigenvalue weighted by atomic mass is 16.2. The normalized spacial score (nSPS) is 13.3. The van der Waals surface area contributed by atoms with E-state index in [9.17, 15) is 9.59 Å². The predicted octanol–water partition coefficient (Wildman–Crippen LogP) is 6.19. The van der Waals surface area contributed by atoms with Crippen LogP contribution in [-0.2, 0) is 0 Å². The first-order valence-electron chi connectivity index (χ1n) is 11.4. The van der Waals surface area contributed by atoms with Gasteiger partial charge in [-0.05, 0) is 81.1 Å². The maximum atomic E-state index is 12.8. The molecule has 0 spiro atoms. The molecule has 33 heavy (non-hydrogen) atoms. The molecule has 0 aromatic heterocycles. The van der Waals surface area contributed by atoms with Crippen molar-refractivity contribution in [2.24, 2.45) is 0 Å². The molecule has 0 bridgehead atoms.